The lowest BCUT2D eigenvalue weighted by molar-refractivity contribution is -0.114. The number of nitrogens with zero attached hydrogens (tertiary/aromatic N) is 2. The lowest BCUT2D eigenvalue weighted by Gasteiger charge is -2.16. The van der Waals surface area contributed by atoms with Gasteiger partial charge in [0.2, 0.25) is 0 Å². The summed E-state index contributed by atoms with van der Waals surface area (Å²) in [5.74, 6) is -1.71. The van der Waals surface area contributed by atoms with Crippen LogP contribution in [0.1, 0.15) is 15.9 Å². The second-order valence-corrected chi connectivity index (χ2v) is 4.24. The predicted octanol–water partition coefficient (Wildman–Crippen LogP) is 1.95. The van der Waals surface area contributed by atoms with Crippen molar-refractivity contribution in [2.24, 2.45) is 0 Å². The Balaban J connectivity index is 2.01. The van der Waals surface area contributed by atoms with Crippen LogP contribution in [0.25, 0.3) is 0 Å². The number of carbonyl (C=O) groups excluding carboxylic acids is 2. The topological polar surface area (TPSA) is 50.3 Å². The number of amides is 1. The number of Topliss-reactive ketones (excluding diaryl/α,β-unsaturated/α-hetero) is 1. The van der Waals surface area contributed by atoms with E-state index in [1.165, 1.54) is 23.1 Å². The molecule has 1 amide bonds. The van der Waals surface area contributed by atoms with Crippen molar-refractivity contribution in [2.45, 2.75) is 6.54 Å². The molecule has 3 rings (SSSR count). The molecular weight excluding hydrogens is 247 g/mol. The Bertz CT molecular complexity index is 670. The molecular formula is C14H9FN2O2. The molecule has 1 aliphatic heterocycles. The van der Waals surface area contributed by atoms with E-state index in [0.29, 0.717) is 5.69 Å². The molecule has 0 aliphatic carbocycles. The summed E-state index contributed by atoms with van der Waals surface area (Å²) in [6, 6.07) is 7.26. The first-order chi connectivity index (χ1) is 9.16. The third-order valence-electron chi connectivity index (χ3n) is 3.00. The average molecular weight is 256 g/mol. The molecule has 0 N–H and O–H groups in total. The van der Waals surface area contributed by atoms with E-state index in [1.807, 2.05) is 0 Å². The molecule has 1 aromatic heterocycles. The van der Waals surface area contributed by atoms with E-state index >= 15 is 0 Å². The van der Waals surface area contributed by atoms with Crippen molar-refractivity contribution in [3.8, 4) is 0 Å². The van der Waals surface area contributed by atoms with Gasteiger partial charge in [0, 0.05) is 12.4 Å². The number of halogens is 1. The van der Waals surface area contributed by atoms with Crippen molar-refractivity contribution in [1.82, 2.24) is 4.98 Å². The summed E-state index contributed by atoms with van der Waals surface area (Å²) in [5, 5.41) is 0. The first-order valence-corrected chi connectivity index (χ1v) is 5.71. The van der Waals surface area contributed by atoms with Gasteiger partial charge in [-0.3, -0.25) is 14.6 Å². The van der Waals surface area contributed by atoms with Crippen LogP contribution < -0.4 is 4.90 Å². The number of benzene rings is 1. The minimum Gasteiger partial charge on any atom is -0.300 e. The Kier molecular flexibility index (Phi) is 2.59. The summed E-state index contributed by atoms with van der Waals surface area (Å²) in [6.07, 6.45) is 3.23. The van der Waals surface area contributed by atoms with Crippen LogP contribution in [0.3, 0.4) is 0 Å². The number of rotatable bonds is 2. The van der Waals surface area contributed by atoms with Crippen molar-refractivity contribution < 1.29 is 14.0 Å². The summed E-state index contributed by atoms with van der Waals surface area (Å²) in [4.78, 5) is 28.9. The normalized spacial score (nSPS) is 13.8. The van der Waals surface area contributed by atoms with E-state index < -0.39 is 17.5 Å². The maximum atomic E-state index is 13.3. The minimum atomic E-state index is -0.635. The average Bonchev–Trinajstić information content (AvgIpc) is 2.65. The highest BCUT2D eigenvalue weighted by Gasteiger charge is 2.35. The van der Waals surface area contributed by atoms with Crippen LogP contribution in [0, 0.1) is 5.82 Å². The fraction of sp³-hybridized carbons (Fsp3) is 0.0714. The lowest BCUT2D eigenvalue weighted by Crippen LogP contribution is -2.29. The molecule has 1 aromatic carbocycles. The van der Waals surface area contributed by atoms with Gasteiger partial charge >= 0.3 is 0 Å². The van der Waals surface area contributed by atoms with E-state index in [9.17, 15) is 14.0 Å². The Hall–Kier alpha value is -2.56. The fourth-order valence-corrected chi connectivity index (χ4v) is 2.10. The summed E-state index contributed by atoms with van der Waals surface area (Å²) in [5.41, 5.74) is 1.34. The summed E-state index contributed by atoms with van der Waals surface area (Å²) in [6.45, 7) is 0.203. The molecule has 0 radical (unpaired) electrons. The van der Waals surface area contributed by atoms with E-state index in [0.717, 1.165) is 5.56 Å². The standard InChI is InChI=1S/C14H9FN2O2/c15-10-3-4-11-12(6-10)17(14(19)13(11)18)8-9-2-1-5-16-7-9/h1-7H,8H2. The van der Waals surface area contributed by atoms with Crippen LogP contribution >= 0.6 is 0 Å². The largest absolute Gasteiger partial charge is 0.300 e. The molecule has 2 aromatic rings. The Morgan fingerprint density at radius 2 is 2.05 bits per heavy atom. The van der Waals surface area contributed by atoms with Gasteiger partial charge in [-0.1, -0.05) is 6.07 Å². The van der Waals surface area contributed by atoms with E-state index in [-0.39, 0.29) is 12.1 Å². The molecule has 19 heavy (non-hydrogen) atoms. The van der Waals surface area contributed by atoms with Crippen LogP contribution in [0.4, 0.5) is 10.1 Å². The molecule has 5 heteroatoms. The first-order valence-electron chi connectivity index (χ1n) is 5.71. The van der Waals surface area contributed by atoms with Gasteiger partial charge in [0.15, 0.2) is 0 Å². The number of hydrogen-bond donors (Lipinski definition) is 0. The van der Waals surface area contributed by atoms with Gasteiger partial charge < -0.3 is 4.90 Å². The van der Waals surface area contributed by atoms with Gasteiger partial charge in [-0.2, -0.15) is 0 Å². The van der Waals surface area contributed by atoms with Gasteiger partial charge in [-0.15, -0.1) is 0 Å². The zero-order valence-electron chi connectivity index (χ0n) is 9.84. The van der Waals surface area contributed by atoms with Crippen molar-refractivity contribution in [3.05, 3.63) is 59.7 Å². The third-order valence-corrected chi connectivity index (χ3v) is 3.00. The van der Waals surface area contributed by atoms with Gasteiger partial charge in [0.25, 0.3) is 11.7 Å². The van der Waals surface area contributed by atoms with Crippen LogP contribution in [0.2, 0.25) is 0 Å². The highest BCUT2D eigenvalue weighted by atomic mass is 19.1. The molecule has 1 aliphatic rings. The van der Waals surface area contributed by atoms with E-state index in [2.05, 4.69) is 4.98 Å². The SMILES string of the molecule is O=C1C(=O)N(Cc2cccnc2)c2cc(F)ccc21. The second kappa shape index (κ2) is 4.28. The highest BCUT2D eigenvalue weighted by molar-refractivity contribution is 6.52. The monoisotopic (exact) mass is 256 g/mol. The maximum Gasteiger partial charge on any atom is 0.299 e. The molecule has 94 valence electrons. The minimum absolute atomic E-state index is 0.203. The maximum absolute atomic E-state index is 13.3. The summed E-state index contributed by atoms with van der Waals surface area (Å²) >= 11 is 0. The zero-order valence-corrected chi connectivity index (χ0v) is 9.84. The molecule has 0 spiro atoms. The highest BCUT2D eigenvalue weighted by Crippen LogP contribution is 2.30. The molecule has 2 heterocycles. The van der Waals surface area contributed by atoms with Crippen LogP contribution in [-0.2, 0) is 11.3 Å². The van der Waals surface area contributed by atoms with Crippen LogP contribution in [0.15, 0.2) is 42.7 Å². The van der Waals surface area contributed by atoms with Crippen molar-refractivity contribution in [2.75, 3.05) is 4.90 Å². The van der Waals surface area contributed by atoms with Crippen LogP contribution in [-0.4, -0.2) is 16.7 Å². The summed E-state index contributed by atoms with van der Waals surface area (Å²) in [7, 11) is 0. The van der Waals surface area contributed by atoms with Gasteiger partial charge in [-0.05, 0) is 29.8 Å². The quantitative estimate of drug-likeness (QED) is 0.772. The molecule has 0 saturated heterocycles. The molecule has 0 unspecified atom stereocenters. The number of aromatic nitrogens is 1. The predicted molar refractivity (Wildman–Crippen MR) is 66.2 cm³/mol. The third kappa shape index (κ3) is 1.89. The van der Waals surface area contributed by atoms with E-state index in [1.54, 1.807) is 24.5 Å². The number of pyridine rings is 1. The molecule has 4 nitrogen and oxygen atoms in total. The van der Waals surface area contributed by atoms with Gasteiger partial charge in [0.1, 0.15) is 5.82 Å². The number of hydrogen-bond acceptors (Lipinski definition) is 3. The lowest BCUT2D eigenvalue weighted by atomic mass is 10.1. The number of anilines is 1. The fourth-order valence-electron chi connectivity index (χ4n) is 2.10. The van der Waals surface area contributed by atoms with Crippen LogP contribution in [0.5, 0.6) is 0 Å². The Morgan fingerprint density at radius 1 is 1.21 bits per heavy atom. The summed E-state index contributed by atoms with van der Waals surface area (Å²) < 4.78 is 13.3. The van der Waals surface area contributed by atoms with Crippen molar-refractivity contribution in [3.63, 3.8) is 0 Å². The molecule has 0 atom stereocenters. The Morgan fingerprint density at radius 3 is 2.79 bits per heavy atom. The molecule has 0 bridgehead atoms. The van der Waals surface area contributed by atoms with Crippen molar-refractivity contribution >= 4 is 17.4 Å². The first kappa shape index (κ1) is 11.5. The van der Waals surface area contributed by atoms with E-state index in [4.69, 9.17) is 0 Å². The smallest absolute Gasteiger partial charge is 0.299 e. The van der Waals surface area contributed by atoms with Gasteiger partial charge in [-0.25, -0.2) is 4.39 Å². The molecule has 0 saturated carbocycles. The second-order valence-electron chi connectivity index (χ2n) is 4.24. The van der Waals surface area contributed by atoms with Crippen molar-refractivity contribution in [1.29, 1.82) is 0 Å². The van der Waals surface area contributed by atoms with Gasteiger partial charge in [0.05, 0.1) is 17.8 Å². The Labute approximate surface area is 108 Å². The zero-order chi connectivity index (χ0) is 13.4. The molecule has 0 fully saturated rings. The number of fused-ring (bicyclic) bond motifs is 1. The number of carbonyl (C=O) groups is 2. The number of ketones is 1.